The van der Waals surface area contributed by atoms with E-state index in [9.17, 15) is 14.4 Å². The molecule has 1 amide bonds. The third-order valence-electron chi connectivity index (χ3n) is 4.27. The number of carbonyl (C=O) groups excluding carboxylic acids is 2. The van der Waals surface area contributed by atoms with E-state index in [0.717, 1.165) is 30.5 Å². The SMILES string of the molecule is COC(=O)c1ccc(NC(=O)Cn2c(C)nc3c(c2=O)CCC3)cc1. The number of hydrogen-bond donors (Lipinski definition) is 1. The lowest BCUT2D eigenvalue weighted by Gasteiger charge is -2.12. The van der Waals surface area contributed by atoms with Crippen molar-refractivity contribution in [3.05, 3.63) is 57.3 Å². The number of amides is 1. The van der Waals surface area contributed by atoms with Crippen molar-refractivity contribution in [3.8, 4) is 0 Å². The van der Waals surface area contributed by atoms with Crippen LogP contribution in [0.5, 0.6) is 0 Å². The minimum Gasteiger partial charge on any atom is -0.465 e. The van der Waals surface area contributed by atoms with Crippen LogP contribution in [0, 0.1) is 6.92 Å². The fourth-order valence-electron chi connectivity index (χ4n) is 2.98. The third-order valence-corrected chi connectivity index (χ3v) is 4.27. The molecule has 2 aromatic rings. The Morgan fingerprint density at radius 2 is 1.96 bits per heavy atom. The first-order chi connectivity index (χ1) is 12.0. The van der Waals surface area contributed by atoms with Crippen LogP contribution in [-0.4, -0.2) is 28.5 Å². The number of anilines is 1. The van der Waals surface area contributed by atoms with E-state index < -0.39 is 5.97 Å². The largest absolute Gasteiger partial charge is 0.465 e. The maximum Gasteiger partial charge on any atom is 0.337 e. The molecule has 1 N–H and O–H groups in total. The normalized spacial score (nSPS) is 12.6. The molecule has 0 bridgehead atoms. The van der Waals surface area contributed by atoms with Gasteiger partial charge in [-0.25, -0.2) is 9.78 Å². The van der Waals surface area contributed by atoms with Crippen LogP contribution in [0.3, 0.4) is 0 Å². The highest BCUT2D eigenvalue weighted by Crippen LogP contribution is 2.16. The number of benzene rings is 1. The number of carbonyl (C=O) groups is 2. The lowest BCUT2D eigenvalue weighted by Crippen LogP contribution is -2.32. The molecule has 7 heteroatoms. The Kier molecular flexibility index (Phi) is 4.65. The molecule has 1 aliphatic carbocycles. The average molecular weight is 341 g/mol. The Morgan fingerprint density at radius 1 is 1.24 bits per heavy atom. The fraction of sp³-hybridized carbons (Fsp3) is 0.333. The molecular weight excluding hydrogens is 322 g/mol. The molecule has 1 heterocycles. The zero-order valence-corrected chi connectivity index (χ0v) is 14.2. The average Bonchev–Trinajstić information content (AvgIpc) is 3.07. The number of nitrogens with one attached hydrogen (secondary N) is 1. The summed E-state index contributed by atoms with van der Waals surface area (Å²) in [5.41, 5.74) is 2.39. The lowest BCUT2D eigenvalue weighted by atomic mass is 10.2. The highest BCUT2D eigenvalue weighted by atomic mass is 16.5. The second-order valence-electron chi connectivity index (χ2n) is 5.95. The van der Waals surface area contributed by atoms with Gasteiger partial charge in [0, 0.05) is 11.3 Å². The molecule has 0 spiro atoms. The van der Waals surface area contributed by atoms with Gasteiger partial charge in [-0.15, -0.1) is 0 Å². The molecular formula is C18H19N3O4. The first-order valence-corrected chi connectivity index (χ1v) is 8.07. The molecule has 1 aliphatic rings. The number of aryl methyl sites for hydroxylation is 2. The van der Waals surface area contributed by atoms with E-state index in [1.165, 1.54) is 11.7 Å². The number of rotatable bonds is 4. The number of fused-ring (bicyclic) bond motifs is 1. The van der Waals surface area contributed by atoms with E-state index in [2.05, 4.69) is 15.0 Å². The minimum atomic E-state index is -0.440. The van der Waals surface area contributed by atoms with Crippen LogP contribution in [0.2, 0.25) is 0 Å². The summed E-state index contributed by atoms with van der Waals surface area (Å²) in [5.74, 6) is -0.220. The first-order valence-electron chi connectivity index (χ1n) is 8.07. The Bertz CT molecular complexity index is 884. The molecule has 0 saturated heterocycles. The molecule has 0 saturated carbocycles. The molecule has 1 aromatic carbocycles. The van der Waals surface area contributed by atoms with E-state index in [-0.39, 0.29) is 18.0 Å². The van der Waals surface area contributed by atoms with Crippen molar-refractivity contribution in [1.82, 2.24) is 9.55 Å². The van der Waals surface area contributed by atoms with Gasteiger partial charge in [-0.05, 0) is 50.5 Å². The number of hydrogen-bond acceptors (Lipinski definition) is 5. The second-order valence-corrected chi connectivity index (χ2v) is 5.95. The summed E-state index contributed by atoms with van der Waals surface area (Å²) >= 11 is 0. The van der Waals surface area contributed by atoms with Crippen LogP contribution in [0.1, 0.15) is 33.9 Å². The van der Waals surface area contributed by atoms with Gasteiger partial charge in [-0.1, -0.05) is 0 Å². The van der Waals surface area contributed by atoms with Gasteiger partial charge in [-0.2, -0.15) is 0 Å². The van der Waals surface area contributed by atoms with Crippen LogP contribution >= 0.6 is 0 Å². The van der Waals surface area contributed by atoms with Gasteiger partial charge >= 0.3 is 5.97 Å². The van der Waals surface area contributed by atoms with Crippen molar-refractivity contribution in [1.29, 1.82) is 0 Å². The van der Waals surface area contributed by atoms with E-state index >= 15 is 0 Å². The fourth-order valence-corrected chi connectivity index (χ4v) is 2.98. The zero-order chi connectivity index (χ0) is 18.0. The van der Waals surface area contributed by atoms with E-state index in [4.69, 9.17) is 0 Å². The molecule has 1 aromatic heterocycles. The quantitative estimate of drug-likeness (QED) is 0.851. The maximum atomic E-state index is 12.5. The van der Waals surface area contributed by atoms with Crippen molar-refractivity contribution in [2.75, 3.05) is 12.4 Å². The smallest absolute Gasteiger partial charge is 0.337 e. The van der Waals surface area contributed by atoms with Gasteiger partial charge in [0.25, 0.3) is 5.56 Å². The molecule has 3 rings (SSSR count). The van der Waals surface area contributed by atoms with Crippen molar-refractivity contribution < 1.29 is 14.3 Å². The summed E-state index contributed by atoms with van der Waals surface area (Å²) in [6.45, 7) is 1.64. The summed E-state index contributed by atoms with van der Waals surface area (Å²) in [7, 11) is 1.31. The predicted octanol–water partition coefficient (Wildman–Crippen LogP) is 1.47. The van der Waals surface area contributed by atoms with Gasteiger partial charge in [0.15, 0.2) is 0 Å². The highest BCUT2D eigenvalue weighted by Gasteiger charge is 2.20. The molecule has 7 nitrogen and oxygen atoms in total. The summed E-state index contributed by atoms with van der Waals surface area (Å²) in [5, 5.41) is 2.72. The van der Waals surface area contributed by atoms with Crippen LogP contribution in [0.15, 0.2) is 29.1 Å². The third kappa shape index (κ3) is 3.45. The molecule has 25 heavy (non-hydrogen) atoms. The van der Waals surface area contributed by atoms with Gasteiger partial charge in [0.05, 0.1) is 18.4 Å². The van der Waals surface area contributed by atoms with Gasteiger partial charge in [-0.3, -0.25) is 14.2 Å². The van der Waals surface area contributed by atoms with E-state index in [1.54, 1.807) is 31.2 Å². The Hall–Kier alpha value is -2.96. The van der Waals surface area contributed by atoms with Crippen LogP contribution in [-0.2, 0) is 28.9 Å². The Balaban J connectivity index is 1.73. The molecule has 130 valence electrons. The minimum absolute atomic E-state index is 0.0936. The number of aromatic nitrogens is 2. The van der Waals surface area contributed by atoms with Crippen LogP contribution < -0.4 is 10.9 Å². The van der Waals surface area contributed by atoms with E-state index in [1.807, 2.05) is 0 Å². The standard InChI is InChI=1S/C18H19N3O4/c1-11-19-15-5-3-4-14(15)17(23)21(11)10-16(22)20-13-8-6-12(7-9-13)18(24)25-2/h6-9H,3-5,10H2,1-2H3,(H,20,22). The molecule has 0 atom stereocenters. The number of esters is 1. The lowest BCUT2D eigenvalue weighted by molar-refractivity contribution is -0.116. The number of nitrogens with zero attached hydrogens (tertiary/aromatic N) is 2. The Labute approximate surface area is 144 Å². The van der Waals surface area contributed by atoms with Gasteiger partial charge in [0.2, 0.25) is 5.91 Å². The van der Waals surface area contributed by atoms with Gasteiger partial charge < -0.3 is 10.1 Å². The highest BCUT2D eigenvalue weighted by molar-refractivity contribution is 5.92. The van der Waals surface area contributed by atoms with Crippen molar-refractivity contribution in [2.45, 2.75) is 32.7 Å². The molecule has 0 radical (unpaired) electrons. The monoisotopic (exact) mass is 341 g/mol. The summed E-state index contributed by atoms with van der Waals surface area (Å²) < 4.78 is 6.03. The zero-order valence-electron chi connectivity index (χ0n) is 14.2. The predicted molar refractivity (Wildman–Crippen MR) is 91.7 cm³/mol. The topological polar surface area (TPSA) is 90.3 Å². The van der Waals surface area contributed by atoms with E-state index in [0.29, 0.717) is 17.1 Å². The number of ether oxygens (including phenoxy) is 1. The van der Waals surface area contributed by atoms with Gasteiger partial charge in [0.1, 0.15) is 12.4 Å². The molecule has 0 aliphatic heterocycles. The van der Waals surface area contributed by atoms with Crippen molar-refractivity contribution in [3.63, 3.8) is 0 Å². The second kappa shape index (κ2) is 6.88. The maximum absolute atomic E-state index is 12.5. The van der Waals surface area contributed by atoms with Crippen molar-refractivity contribution in [2.24, 2.45) is 0 Å². The summed E-state index contributed by atoms with van der Waals surface area (Å²) in [6, 6.07) is 6.35. The first kappa shape index (κ1) is 16.9. The molecule has 0 unspecified atom stereocenters. The Morgan fingerprint density at radius 3 is 2.64 bits per heavy atom. The van der Waals surface area contributed by atoms with Crippen LogP contribution in [0.4, 0.5) is 5.69 Å². The number of methoxy groups -OCH3 is 1. The molecule has 0 fully saturated rings. The summed E-state index contributed by atoms with van der Waals surface area (Å²) in [4.78, 5) is 40.6. The van der Waals surface area contributed by atoms with Crippen LogP contribution in [0.25, 0.3) is 0 Å². The van der Waals surface area contributed by atoms with Crippen molar-refractivity contribution >= 4 is 17.6 Å². The summed E-state index contributed by atoms with van der Waals surface area (Å²) in [6.07, 6.45) is 2.48.